The van der Waals surface area contributed by atoms with Crippen molar-refractivity contribution in [3.8, 4) is 11.1 Å². The first kappa shape index (κ1) is 14.4. The van der Waals surface area contributed by atoms with E-state index in [1.807, 2.05) is 0 Å². The summed E-state index contributed by atoms with van der Waals surface area (Å²) in [7, 11) is 0. The Morgan fingerprint density at radius 3 is 2.05 bits per heavy atom. The first-order valence-electron chi connectivity index (χ1n) is 6.17. The van der Waals surface area contributed by atoms with E-state index in [2.05, 4.69) is 0 Å². The average molecular weight is 317 g/mol. The number of hydrogen-bond donors (Lipinski definition) is 0. The van der Waals surface area contributed by atoms with Gasteiger partial charge in [0.2, 0.25) is 0 Å². The molecule has 110 valence electrons. The lowest BCUT2D eigenvalue weighted by molar-refractivity contribution is 0.401. The third-order valence-corrected chi connectivity index (χ3v) is 3.68. The summed E-state index contributed by atoms with van der Waals surface area (Å²) in [4.78, 5) is 0. The monoisotopic (exact) mass is 316 g/mol. The fourth-order valence-electron chi connectivity index (χ4n) is 2.15. The zero-order valence-electron chi connectivity index (χ0n) is 10.6. The van der Waals surface area contributed by atoms with Crippen LogP contribution in [-0.4, -0.2) is 6.61 Å². The highest BCUT2D eigenvalue weighted by molar-refractivity contribution is 6.17. The van der Waals surface area contributed by atoms with Crippen molar-refractivity contribution in [2.45, 2.75) is 12.0 Å². The van der Waals surface area contributed by atoms with E-state index in [0.29, 0.717) is 6.61 Å². The van der Waals surface area contributed by atoms with Crippen LogP contribution < -0.4 is 0 Å². The molecule has 1 aliphatic heterocycles. The van der Waals surface area contributed by atoms with Crippen molar-refractivity contribution >= 4 is 11.6 Å². The highest BCUT2D eigenvalue weighted by atomic mass is 35.5. The van der Waals surface area contributed by atoms with Gasteiger partial charge in [0.1, 0.15) is 6.10 Å². The summed E-state index contributed by atoms with van der Waals surface area (Å²) in [5, 5.41) is 0. The van der Waals surface area contributed by atoms with E-state index in [1.54, 1.807) is 0 Å². The Morgan fingerprint density at radius 1 is 0.905 bits per heavy atom. The Kier molecular flexibility index (Phi) is 3.63. The van der Waals surface area contributed by atoms with E-state index in [0.717, 1.165) is 0 Å². The normalized spacial score (nSPS) is 17.1. The molecule has 0 saturated carbocycles. The summed E-state index contributed by atoms with van der Waals surface area (Å²) >= 11 is 5.47. The van der Waals surface area contributed by atoms with Crippen LogP contribution in [0, 0.1) is 23.3 Å². The number of halogens is 5. The number of epoxide rings is 1. The molecule has 0 N–H and O–H groups in total. The summed E-state index contributed by atoms with van der Waals surface area (Å²) in [5.74, 6) is -4.94. The summed E-state index contributed by atoms with van der Waals surface area (Å²) in [6, 6.07) is 4.96. The molecular formula is C15H9ClF4O. The van der Waals surface area contributed by atoms with E-state index >= 15 is 0 Å². The molecular weight excluding hydrogens is 308 g/mol. The standard InChI is InChI=1S/C15H9ClF4O/c16-5-7-1-2-8(13(18)12(7)17)9-3-4-10(11-6-21-11)15(20)14(9)19/h1-4,11H,5-6H2. The van der Waals surface area contributed by atoms with Crippen LogP contribution in [-0.2, 0) is 10.6 Å². The van der Waals surface area contributed by atoms with E-state index in [9.17, 15) is 17.6 Å². The van der Waals surface area contributed by atoms with Crippen molar-refractivity contribution in [1.82, 2.24) is 0 Å². The molecule has 1 saturated heterocycles. The van der Waals surface area contributed by atoms with Gasteiger partial charge in [-0.2, -0.15) is 0 Å². The Labute approximate surface area is 123 Å². The molecule has 0 aromatic heterocycles. The van der Waals surface area contributed by atoms with Crippen molar-refractivity contribution in [2.24, 2.45) is 0 Å². The summed E-state index contributed by atoms with van der Waals surface area (Å²) in [5.41, 5.74) is -0.647. The van der Waals surface area contributed by atoms with Gasteiger partial charge in [-0.15, -0.1) is 11.6 Å². The average Bonchev–Trinajstić information content (AvgIpc) is 3.30. The van der Waals surface area contributed by atoms with Gasteiger partial charge in [-0.1, -0.05) is 24.3 Å². The van der Waals surface area contributed by atoms with Gasteiger partial charge in [0.05, 0.1) is 12.5 Å². The minimum Gasteiger partial charge on any atom is -0.368 e. The lowest BCUT2D eigenvalue weighted by Gasteiger charge is -2.10. The molecule has 2 aromatic rings. The maximum absolute atomic E-state index is 14.1. The molecule has 1 fully saturated rings. The smallest absolute Gasteiger partial charge is 0.167 e. The van der Waals surface area contributed by atoms with Crippen LogP contribution >= 0.6 is 11.6 Å². The van der Waals surface area contributed by atoms with Gasteiger partial charge in [0.15, 0.2) is 23.3 Å². The third kappa shape index (κ3) is 2.40. The highest BCUT2D eigenvalue weighted by Crippen LogP contribution is 2.36. The highest BCUT2D eigenvalue weighted by Gasteiger charge is 2.30. The number of ether oxygens (including phenoxy) is 1. The minimum atomic E-state index is -1.25. The topological polar surface area (TPSA) is 12.5 Å². The van der Waals surface area contributed by atoms with Gasteiger partial charge >= 0.3 is 0 Å². The second-order valence-corrected chi connectivity index (χ2v) is 4.95. The molecule has 1 aliphatic rings. The lowest BCUT2D eigenvalue weighted by Crippen LogP contribution is -2.00. The van der Waals surface area contributed by atoms with E-state index < -0.39 is 29.4 Å². The van der Waals surface area contributed by atoms with Gasteiger partial charge in [0, 0.05) is 22.3 Å². The van der Waals surface area contributed by atoms with Crippen LogP contribution in [0.5, 0.6) is 0 Å². The second-order valence-electron chi connectivity index (χ2n) is 4.69. The number of rotatable bonds is 3. The van der Waals surface area contributed by atoms with Crippen LogP contribution in [0.1, 0.15) is 17.2 Å². The Morgan fingerprint density at radius 2 is 1.48 bits per heavy atom. The van der Waals surface area contributed by atoms with Crippen LogP contribution in [0.25, 0.3) is 11.1 Å². The molecule has 0 bridgehead atoms. The van der Waals surface area contributed by atoms with Crippen LogP contribution in [0.15, 0.2) is 24.3 Å². The molecule has 0 radical (unpaired) electrons. The zero-order valence-corrected chi connectivity index (χ0v) is 11.4. The van der Waals surface area contributed by atoms with Gasteiger partial charge in [-0.3, -0.25) is 0 Å². The van der Waals surface area contributed by atoms with E-state index in [1.165, 1.54) is 24.3 Å². The molecule has 1 nitrogen and oxygen atoms in total. The number of benzene rings is 2. The Bertz CT molecular complexity index is 713. The summed E-state index contributed by atoms with van der Waals surface area (Å²) in [6.45, 7) is 0.323. The predicted molar refractivity (Wildman–Crippen MR) is 70.0 cm³/mol. The van der Waals surface area contributed by atoms with Crippen molar-refractivity contribution in [2.75, 3.05) is 6.61 Å². The van der Waals surface area contributed by atoms with Gasteiger partial charge in [0.25, 0.3) is 0 Å². The minimum absolute atomic E-state index is 0.0400. The number of hydrogen-bond acceptors (Lipinski definition) is 1. The molecule has 21 heavy (non-hydrogen) atoms. The predicted octanol–water partition coefficient (Wildman–Crippen LogP) is 4.72. The molecule has 1 heterocycles. The maximum atomic E-state index is 14.1. The molecule has 1 atom stereocenters. The van der Waals surface area contributed by atoms with Crippen molar-refractivity contribution in [3.05, 3.63) is 58.7 Å². The summed E-state index contributed by atoms with van der Waals surface area (Å²) in [6.07, 6.45) is -0.464. The Hall–Kier alpha value is -1.59. The van der Waals surface area contributed by atoms with Crippen LogP contribution in [0.2, 0.25) is 0 Å². The van der Waals surface area contributed by atoms with Gasteiger partial charge < -0.3 is 4.74 Å². The zero-order chi connectivity index (χ0) is 15.1. The third-order valence-electron chi connectivity index (χ3n) is 3.39. The van der Waals surface area contributed by atoms with Crippen molar-refractivity contribution in [1.29, 1.82) is 0 Å². The number of alkyl halides is 1. The SMILES string of the molecule is Fc1c(CCl)ccc(-c2ccc(C3CO3)c(F)c2F)c1F. The largest absolute Gasteiger partial charge is 0.368 e. The summed E-state index contributed by atoms with van der Waals surface area (Å²) < 4.78 is 60.6. The Balaban J connectivity index is 2.13. The fourth-order valence-corrected chi connectivity index (χ4v) is 2.36. The molecule has 0 amide bonds. The van der Waals surface area contributed by atoms with Gasteiger partial charge in [-0.05, 0) is 0 Å². The molecule has 3 rings (SSSR count). The molecule has 0 aliphatic carbocycles. The first-order valence-corrected chi connectivity index (χ1v) is 6.70. The molecule has 0 spiro atoms. The van der Waals surface area contributed by atoms with Crippen LogP contribution in [0.3, 0.4) is 0 Å². The first-order chi connectivity index (χ1) is 10.0. The fraction of sp³-hybridized carbons (Fsp3) is 0.200. The molecule has 1 unspecified atom stereocenters. The van der Waals surface area contributed by atoms with E-state index in [4.69, 9.17) is 16.3 Å². The molecule has 2 aromatic carbocycles. The van der Waals surface area contributed by atoms with Crippen LogP contribution in [0.4, 0.5) is 17.6 Å². The maximum Gasteiger partial charge on any atom is 0.167 e. The van der Waals surface area contributed by atoms with Crippen molar-refractivity contribution in [3.63, 3.8) is 0 Å². The lowest BCUT2D eigenvalue weighted by atomic mass is 9.99. The van der Waals surface area contributed by atoms with Crippen molar-refractivity contribution < 1.29 is 22.3 Å². The van der Waals surface area contributed by atoms with Gasteiger partial charge in [-0.25, -0.2) is 17.6 Å². The van der Waals surface area contributed by atoms with E-state index in [-0.39, 0.29) is 28.1 Å². The second kappa shape index (κ2) is 5.31. The molecule has 6 heteroatoms. The quantitative estimate of drug-likeness (QED) is 0.453.